The Hall–Kier alpha value is -3.61. The number of aryl methyl sites for hydroxylation is 2. The van der Waals surface area contributed by atoms with Crippen LogP contribution in [0.5, 0.6) is 5.75 Å². The molecule has 160 valence electrons. The Kier molecular flexibility index (Phi) is 5.27. The number of benzene rings is 2. The van der Waals surface area contributed by atoms with Gasteiger partial charge in [-0.3, -0.25) is 9.89 Å². The first kappa shape index (κ1) is 20.7. The molecule has 31 heavy (non-hydrogen) atoms. The fourth-order valence-electron chi connectivity index (χ4n) is 3.34. The van der Waals surface area contributed by atoms with Crippen molar-refractivity contribution in [3.63, 3.8) is 0 Å². The first-order chi connectivity index (χ1) is 14.7. The first-order valence-corrected chi connectivity index (χ1v) is 10.2. The smallest absolute Gasteiger partial charge is 0.256 e. The van der Waals surface area contributed by atoms with Crippen LogP contribution in [0.2, 0.25) is 0 Å². The Morgan fingerprint density at radius 2 is 1.87 bits per heavy atom. The van der Waals surface area contributed by atoms with E-state index in [0.717, 1.165) is 27.9 Å². The molecule has 2 aromatic heterocycles. The maximum absolute atomic E-state index is 12.7. The number of hydrogen-bond acceptors (Lipinski definition) is 5. The number of carbonyl (C=O) groups excluding carboxylic acids is 1. The molecule has 2 aromatic carbocycles. The quantitative estimate of drug-likeness (QED) is 0.459. The molecule has 1 amide bonds. The van der Waals surface area contributed by atoms with E-state index in [1.807, 2.05) is 56.3 Å². The van der Waals surface area contributed by atoms with Crippen LogP contribution in [0.3, 0.4) is 0 Å². The SMILES string of the molecule is Cc1noc(C)c1COc1ccc2[nH]nc(NC(=O)c3ccc(C(C)(C)C)cc3)c2c1. The number of ether oxygens (including phenoxy) is 1. The minimum absolute atomic E-state index is 0.0351. The number of anilines is 1. The Labute approximate surface area is 180 Å². The van der Waals surface area contributed by atoms with Crippen molar-refractivity contribution in [1.29, 1.82) is 0 Å². The number of carbonyl (C=O) groups is 1. The van der Waals surface area contributed by atoms with Crippen LogP contribution < -0.4 is 10.1 Å². The predicted molar refractivity (Wildman–Crippen MR) is 119 cm³/mol. The average molecular weight is 418 g/mol. The lowest BCUT2D eigenvalue weighted by molar-refractivity contribution is 0.102. The summed E-state index contributed by atoms with van der Waals surface area (Å²) in [5.74, 6) is 1.66. The van der Waals surface area contributed by atoms with E-state index in [9.17, 15) is 4.79 Å². The van der Waals surface area contributed by atoms with Crippen molar-refractivity contribution in [2.75, 3.05) is 5.32 Å². The predicted octanol–water partition coefficient (Wildman–Crippen LogP) is 5.30. The van der Waals surface area contributed by atoms with Gasteiger partial charge in [0.1, 0.15) is 18.1 Å². The molecule has 4 rings (SSSR count). The molecule has 0 aliphatic heterocycles. The summed E-state index contributed by atoms with van der Waals surface area (Å²) in [5, 5.41) is 14.8. The number of hydrogen-bond donors (Lipinski definition) is 2. The van der Waals surface area contributed by atoms with Crippen LogP contribution >= 0.6 is 0 Å². The van der Waals surface area contributed by atoms with Crippen molar-refractivity contribution in [2.45, 2.75) is 46.6 Å². The van der Waals surface area contributed by atoms with Crippen molar-refractivity contribution in [3.05, 3.63) is 70.6 Å². The summed E-state index contributed by atoms with van der Waals surface area (Å²) in [5.41, 5.74) is 4.34. The highest BCUT2D eigenvalue weighted by Crippen LogP contribution is 2.27. The molecule has 0 unspecified atom stereocenters. The number of nitrogens with zero attached hydrogens (tertiary/aromatic N) is 2. The number of rotatable bonds is 5. The molecule has 0 spiro atoms. The first-order valence-electron chi connectivity index (χ1n) is 10.2. The fraction of sp³-hybridized carbons (Fsp3) is 0.292. The third-order valence-corrected chi connectivity index (χ3v) is 5.34. The minimum Gasteiger partial charge on any atom is -0.489 e. The monoisotopic (exact) mass is 418 g/mol. The summed E-state index contributed by atoms with van der Waals surface area (Å²) in [6, 6.07) is 13.2. The molecular formula is C24H26N4O3. The van der Waals surface area contributed by atoms with Crippen LogP contribution in [0.15, 0.2) is 47.0 Å². The second kappa shape index (κ2) is 7.91. The van der Waals surface area contributed by atoms with Crippen LogP contribution in [-0.2, 0) is 12.0 Å². The number of nitrogens with one attached hydrogen (secondary N) is 2. The summed E-state index contributed by atoms with van der Waals surface area (Å²) >= 11 is 0. The zero-order valence-corrected chi connectivity index (χ0v) is 18.4. The van der Waals surface area contributed by atoms with Crippen molar-refractivity contribution < 1.29 is 14.1 Å². The molecule has 0 atom stereocenters. The zero-order valence-electron chi connectivity index (χ0n) is 18.4. The molecular weight excluding hydrogens is 392 g/mol. The second-order valence-corrected chi connectivity index (χ2v) is 8.65. The molecule has 4 aromatic rings. The molecule has 2 N–H and O–H groups in total. The minimum atomic E-state index is -0.212. The summed E-state index contributed by atoms with van der Waals surface area (Å²) < 4.78 is 11.1. The fourth-order valence-corrected chi connectivity index (χ4v) is 3.34. The molecule has 0 aliphatic carbocycles. The summed E-state index contributed by atoms with van der Waals surface area (Å²) in [7, 11) is 0. The molecule has 0 aliphatic rings. The molecule has 0 saturated carbocycles. The summed E-state index contributed by atoms with van der Waals surface area (Å²) in [4.78, 5) is 12.7. The molecule has 0 saturated heterocycles. The van der Waals surface area contributed by atoms with Gasteiger partial charge in [-0.25, -0.2) is 0 Å². The normalized spacial score (nSPS) is 11.6. The van der Waals surface area contributed by atoms with Gasteiger partial charge in [0.25, 0.3) is 5.91 Å². The van der Waals surface area contributed by atoms with Gasteiger partial charge in [-0.05, 0) is 55.2 Å². The lowest BCUT2D eigenvalue weighted by Crippen LogP contribution is -2.14. The molecule has 0 bridgehead atoms. The Morgan fingerprint density at radius 3 is 2.52 bits per heavy atom. The van der Waals surface area contributed by atoms with E-state index in [4.69, 9.17) is 9.26 Å². The van der Waals surface area contributed by atoms with E-state index in [1.165, 1.54) is 5.56 Å². The van der Waals surface area contributed by atoms with Gasteiger partial charge >= 0.3 is 0 Å². The Morgan fingerprint density at radius 1 is 1.13 bits per heavy atom. The number of aromatic nitrogens is 3. The van der Waals surface area contributed by atoms with Crippen molar-refractivity contribution in [1.82, 2.24) is 15.4 Å². The lowest BCUT2D eigenvalue weighted by Gasteiger charge is -2.19. The van der Waals surface area contributed by atoms with E-state index >= 15 is 0 Å². The van der Waals surface area contributed by atoms with Gasteiger partial charge < -0.3 is 14.6 Å². The molecule has 7 heteroatoms. The largest absolute Gasteiger partial charge is 0.489 e. The Balaban J connectivity index is 1.51. The number of fused-ring (bicyclic) bond motifs is 1. The van der Waals surface area contributed by atoms with Crippen LogP contribution in [0.4, 0.5) is 5.82 Å². The molecule has 0 fully saturated rings. The Bertz CT molecular complexity index is 1210. The molecule has 0 radical (unpaired) electrons. The van der Waals surface area contributed by atoms with E-state index in [-0.39, 0.29) is 11.3 Å². The molecule has 2 heterocycles. The van der Waals surface area contributed by atoms with Crippen molar-refractivity contribution in [3.8, 4) is 5.75 Å². The number of amides is 1. The van der Waals surface area contributed by atoms with Crippen molar-refractivity contribution in [2.24, 2.45) is 0 Å². The van der Waals surface area contributed by atoms with Gasteiger partial charge in [0.2, 0.25) is 0 Å². The third kappa shape index (κ3) is 4.30. The highest BCUT2D eigenvalue weighted by molar-refractivity contribution is 6.08. The maximum Gasteiger partial charge on any atom is 0.256 e. The van der Waals surface area contributed by atoms with Gasteiger partial charge in [0, 0.05) is 10.9 Å². The standard InChI is InChI=1S/C24H26N4O3/c1-14-20(15(2)31-28-14)13-30-18-10-11-21-19(12-18)22(27-26-21)25-23(29)16-6-8-17(9-7-16)24(3,4)5/h6-12H,13H2,1-5H3,(H2,25,26,27,29). The van der Waals surface area contributed by atoms with E-state index in [2.05, 4.69) is 41.4 Å². The van der Waals surface area contributed by atoms with Crippen molar-refractivity contribution >= 4 is 22.6 Å². The lowest BCUT2D eigenvalue weighted by atomic mass is 9.87. The second-order valence-electron chi connectivity index (χ2n) is 8.65. The highest BCUT2D eigenvalue weighted by atomic mass is 16.5. The third-order valence-electron chi connectivity index (χ3n) is 5.34. The van der Waals surface area contributed by atoms with Gasteiger partial charge in [-0.15, -0.1) is 0 Å². The van der Waals surface area contributed by atoms with E-state index in [1.54, 1.807) is 0 Å². The maximum atomic E-state index is 12.7. The summed E-state index contributed by atoms with van der Waals surface area (Å²) in [6.07, 6.45) is 0. The summed E-state index contributed by atoms with van der Waals surface area (Å²) in [6.45, 7) is 10.5. The van der Waals surface area contributed by atoms with Crippen LogP contribution in [-0.4, -0.2) is 21.3 Å². The number of aromatic amines is 1. The van der Waals surface area contributed by atoms with E-state index < -0.39 is 0 Å². The van der Waals surface area contributed by atoms with Gasteiger partial charge in [-0.2, -0.15) is 5.10 Å². The molecule has 7 nitrogen and oxygen atoms in total. The van der Waals surface area contributed by atoms with Crippen LogP contribution in [0, 0.1) is 13.8 Å². The topological polar surface area (TPSA) is 93.0 Å². The zero-order chi connectivity index (χ0) is 22.2. The van der Waals surface area contributed by atoms with Gasteiger partial charge in [0.15, 0.2) is 5.82 Å². The van der Waals surface area contributed by atoms with Crippen LogP contribution in [0.1, 0.15) is 53.7 Å². The van der Waals surface area contributed by atoms with Crippen LogP contribution in [0.25, 0.3) is 10.9 Å². The van der Waals surface area contributed by atoms with Gasteiger partial charge in [-0.1, -0.05) is 38.1 Å². The average Bonchev–Trinajstić information content (AvgIpc) is 3.28. The van der Waals surface area contributed by atoms with Gasteiger partial charge in [0.05, 0.1) is 16.8 Å². The van der Waals surface area contributed by atoms with E-state index in [0.29, 0.717) is 23.7 Å². The number of H-pyrrole nitrogens is 1. The highest BCUT2D eigenvalue weighted by Gasteiger charge is 2.16.